The van der Waals surface area contributed by atoms with Crippen LogP contribution in [0.4, 0.5) is 5.88 Å². The summed E-state index contributed by atoms with van der Waals surface area (Å²) in [5.74, 6) is -0.835. The zero-order valence-electron chi connectivity index (χ0n) is 14.1. The van der Waals surface area contributed by atoms with E-state index in [1.807, 2.05) is 6.07 Å². The van der Waals surface area contributed by atoms with Gasteiger partial charge in [0.2, 0.25) is 0 Å². The number of benzene rings is 1. The van der Waals surface area contributed by atoms with E-state index in [4.69, 9.17) is 4.42 Å². The fourth-order valence-corrected chi connectivity index (χ4v) is 3.07. The van der Waals surface area contributed by atoms with Crippen LogP contribution in [0.15, 0.2) is 40.8 Å². The van der Waals surface area contributed by atoms with Crippen molar-refractivity contribution in [3.63, 3.8) is 0 Å². The number of amides is 1. The minimum Gasteiger partial charge on any atom is -0.395 e. The van der Waals surface area contributed by atoms with Gasteiger partial charge < -0.3 is 9.73 Å². The lowest BCUT2D eigenvalue weighted by molar-refractivity contribution is -0.402. The normalized spacial score (nSPS) is 15.9. The number of rotatable bonds is 5. The number of likely N-dealkylation sites (tertiary alicyclic amines) is 1. The highest BCUT2D eigenvalue weighted by atomic mass is 16.6. The molecule has 0 atom stereocenters. The molecule has 1 aromatic carbocycles. The molecule has 0 aliphatic carbocycles. The van der Waals surface area contributed by atoms with E-state index in [-0.39, 0.29) is 11.8 Å². The van der Waals surface area contributed by atoms with Gasteiger partial charge in [0.15, 0.2) is 5.76 Å². The summed E-state index contributed by atoms with van der Waals surface area (Å²) in [5, 5.41) is 13.5. The van der Waals surface area contributed by atoms with Crippen LogP contribution in [0.1, 0.15) is 34.5 Å². The van der Waals surface area contributed by atoms with E-state index in [2.05, 4.69) is 35.3 Å². The first-order chi connectivity index (χ1) is 12.0. The SMILES string of the molecule is Cc1ccccc1CN1CCC(NC(=O)c2ccc([N+](=O)[O-])o2)CC1. The van der Waals surface area contributed by atoms with E-state index in [9.17, 15) is 14.9 Å². The average Bonchev–Trinajstić information content (AvgIpc) is 3.09. The van der Waals surface area contributed by atoms with Crippen LogP contribution >= 0.6 is 0 Å². The number of hydrogen-bond donors (Lipinski definition) is 1. The molecule has 1 aromatic heterocycles. The molecular weight excluding hydrogens is 322 g/mol. The van der Waals surface area contributed by atoms with Gasteiger partial charge in [-0.2, -0.15) is 0 Å². The number of piperidine rings is 1. The van der Waals surface area contributed by atoms with Crippen LogP contribution in [-0.2, 0) is 6.54 Å². The molecular formula is C18H21N3O4. The number of aryl methyl sites for hydroxylation is 1. The van der Waals surface area contributed by atoms with Gasteiger partial charge in [0.25, 0.3) is 5.91 Å². The quantitative estimate of drug-likeness (QED) is 0.666. The summed E-state index contributed by atoms with van der Waals surface area (Å²) in [6.45, 7) is 4.83. The summed E-state index contributed by atoms with van der Waals surface area (Å²) in [5.41, 5.74) is 2.62. The van der Waals surface area contributed by atoms with Gasteiger partial charge in [0.1, 0.15) is 4.92 Å². The van der Waals surface area contributed by atoms with Crippen LogP contribution in [0, 0.1) is 17.0 Å². The Hall–Kier alpha value is -2.67. The molecule has 0 radical (unpaired) electrons. The van der Waals surface area contributed by atoms with Crippen molar-refractivity contribution in [3.05, 3.63) is 63.4 Å². The van der Waals surface area contributed by atoms with E-state index in [1.54, 1.807) is 0 Å². The average molecular weight is 343 g/mol. The van der Waals surface area contributed by atoms with Gasteiger partial charge >= 0.3 is 5.88 Å². The molecule has 7 heteroatoms. The molecule has 1 aliphatic heterocycles. The molecule has 0 spiro atoms. The second kappa shape index (κ2) is 7.48. The van der Waals surface area contributed by atoms with Crippen molar-refractivity contribution in [2.75, 3.05) is 13.1 Å². The predicted molar refractivity (Wildman–Crippen MR) is 92.3 cm³/mol. The summed E-state index contributed by atoms with van der Waals surface area (Å²) in [4.78, 5) is 24.5. The lowest BCUT2D eigenvalue weighted by Gasteiger charge is -2.32. The molecule has 25 heavy (non-hydrogen) atoms. The molecule has 2 aromatic rings. The zero-order chi connectivity index (χ0) is 17.8. The highest BCUT2D eigenvalue weighted by Crippen LogP contribution is 2.18. The van der Waals surface area contributed by atoms with E-state index in [0.29, 0.717) is 0 Å². The lowest BCUT2D eigenvalue weighted by atomic mass is 10.0. The van der Waals surface area contributed by atoms with Gasteiger partial charge in [0.05, 0.1) is 6.07 Å². The monoisotopic (exact) mass is 343 g/mol. The Morgan fingerprint density at radius 3 is 2.64 bits per heavy atom. The number of nitrogens with one attached hydrogen (secondary N) is 1. The van der Waals surface area contributed by atoms with Crippen LogP contribution in [0.5, 0.6) is 0 Å². The Morgan fingerprint density at radius 1 is 1.28 bits per heavy atom. The van der Waals surface area contributed by atoms with E-state index in [1.165, 1.54) is 23.3 Å². The summed E-state index contributed by atoms with van der Waals surface area (Å²) in [7, 11) is 0. The van der Waals surface area contributed by atoms with Crippen molar-refractivity contribution < 1.29 is 14.1 Å². The number of furan rings is 1. The Kier molecular flexibility index (Phi) is 5.14. The van der Waals surface area contributed by atoms with E-state index >= 15 is 0 Å². The number of nitro groups is 1. The second-order valence-corrected chi connectivity index (χ2v) is 6.35. The molecule has 1 N–H and O–H groups in total. The molecule has 7 nitrogen and oxygen atoms in total. The maximum Gasteiger partial charge on any atom is 0.433 e. The fourth-order valence-electron chi connectivity index (χ4n) is 3.07. The first-order valence-corrected chi connectivity index (χ1v) is 8.35. The number of nitrogens with zero attached hydrogens (tertiary/aromatic N) is 2. The largest absolute Gasteiger partial charge is 0.433 e. The van der Waals surface area contributed by atoms with Crippen molar-refractivity contribution >= 4 is 11.8 Å². The molecule has 0 bridgehead atoms. The summed E-state index contributed by atoms with van der Waals surface area (Å²) < 4.78 is 4.94. The number of hydrogen-bond acceptors (Lipinski definition) is 5. The molecule has 0 saturated carbocycles. The Balaban J connectivity index is 1.49. The van der Waals surface area contributed by atoms with Crippen LogP contribution in [0.3, 0.4) is 0 Å². The number of carbonyl (C=O) groups excluding carboxylic acids is 1. The molecule has 1 aliphatic rings. The molecule has 1 amide bonds. The third kappa shape index (κ3) is 4.24. The van der Waals surface area contributed by atoms with Gasteiger partial charge in [-0.05, 0) is 37.0 Å². The van der Waals surface area contributed by atoms with Gasteiger partial charge in [-0.1, -0.05) is 24.3 Å². The molecule has 132 valence electrons. The lowest BCUT2D eigenvalue weighted by Crippen LogP contribution is -2.44. The summed E-state index contributed by atoms with van der Waals surface area (Å²) in [6.07, 6.45) is 1.70. The summed E-state index contributed by atoms with van der Waals surface area (Å²) >= 11 is 0. The minimum atomic E-state index is -0.652. The second-order valence-electron chi connectivity index (χ2n) is 6.35. The van der Waals surface area contributed by atoms with Gasteiger partial charge in [-0.3, -0.25) is 19.8 Å². The van der Waals surface area contributed by atoms with Crippen LogP contribution in [0.2, 0.25) is 0 Å². The van der Waals surface area contributed by atoms with Crippen molar-refractivity contribution in [2.45, 2.75) is 32.4 Å². The molecule has 2 heterocycles. The van der Waals surface area contributed by atoms with Crippen molar-refractivity contribution in [2.24, 2.45) is 0 Å². The maximum absolute atomic E-state index is 12.1. The van der Waals surface area contributed by atoms with Crippen molar-refractivity contribution in [1.82, 2.24) is 10.2 Å². The predicted octanol–water partition coefficient (Wildman–Crippen LogP) is 2.89. The smallest absolute Gasteiger partial charge is 0.395 e. The summed E-state index contributed by atoms with van der Waals surface area (Å²) in [6, 6.07) is 10.9. The third-order valence-corrected chi connectivity index (χ3v) is 4.57. The van der Waals surface area contributed by atoms with Crippen LogP contribution < -0.4 is 5.32 Å². The standard InChI is InChI=1S/C18H21N3O4/c1-13-4-2-3-5-14(13)12-20-10-8-15(9-11-20)19-18(22)16-6-7-17(25-16)21(23)24/h2-7,15H,8-12H2,1H3,(H,19,22). The Labute approximate surface area is 145 Å². The highest BCUT2D eigenvalue weighted by molar-refractivity contribution is 5.91. The van der Waals surface area contributed by atoms with E-state index in [0.717, 1.165) is 32.5 Å². The Morgan fingerprint density at radius 2 is 2.00 bits per heavy atom. The first kappa shape index (κ1) is 17.2. The van der Waals surface area contributed by atoms with Crippen molar-refractivity contribution in [1.29, 1.82) is 0 Å². The first-order valence-electron chi connectivity index (χ1n) is 8.35. The van der Waals surface area contributed by atoms with Crippen LogP contribution in [0.25, 0.3) is 0 Å². The van der Waals surface area contributed by atoms with Gasteiger partial charge in [-0.15, -0.1) is 0 Å². The molecule has 1 saturated heterocycles. The fraction of sp³-hybridized carbons (Fsp3) is 0.389. The zero-order valence-corrected chi connectivity index (χ0v) is 14.1. The van der Waals surface area contributed by atoms with Crippen LogP contribution in [-0.4, -0.2) is 34.9 Å². The third-order valence-electron chi connectivity index (χ3n) is 4.57. The topological polar surface area (TPSA) is 88.6 Å². The Bertz CT molecular complexity index is 763. The van der Waals surface area contributed by atoms with Crippen molar-refractivity contribution in [3.8, 4) is 0 Å². The molecule has 0 unspecified atom stereocenters. The highest BCUT2D eigenvalue weighted by Gasteiger charge is 2.24. The van der Waals surface area contributed by atoms with E-state index < -0.39 is 16.7 Å². The number of carbonyl (C=O) groups is 1. The minimum absolute atomic E-state index is 0.0194. The maximum atomic E-state index is 12.1. The van der Waals surface area contributed by atoms with Gasteiger partial charge in [0, 0.05) is 25.7 Å². The molecule has 3 rings (SSSR count). The van der Waals surface area contributed by atoms with Gasteiger partial charge in [-0.25, -0.2) is 0 Å². The molecule has 1 fully saturated rings.